The molecule has 2 rings (SSSR count). The molecule has 0 atom stereocenters. The lowest BCUT2D eigenvalue weighted by Gasteiger charge is -1.92. The molecule has 0 spiro atoms. The summed E-state index contributed by atoms with van der Waals surface area (Å²) in [6.45, 7) is 0. The van der Waals surface area contributed by atoms with Gasteiger partial charge in [0.15, 0.2) is 0 Å². The summed E-state index contributed by atoms with van der Waals surface area (Å²) in [5.74, 6) is -0.191. The highest BCUT2D eigenvalue weighted by molar-refractivity contribution is 5.83. The van der Waals surface area contributed by atoms with Crippen LogP contribution in [0.2, 0.25) is 0 Å². The number of benzene rings is 1. The maximum absolute atomic E-state index is 11.1. The number of hydrogen-bond donors (Lipinski definition) is 2. The Bertz CT molecular complexity index is 601. The molecule has 0 radical (unpaired) electrons. The van der Waals surface area contributed by atoms with Crippen molar-refractivity contribution in [2.24, 2.45) is 0 Å². The molecule has 0 bridgehead atoms. The van der Waals surface area contributed by atoms with E-state index in [9.17, 15) is 14.7 Å². The molecule has 0 aliphatic carbocycles. The third-order valence-electron chi connectivity index (χ3n) is 1.94. The minimum absolute atomic E-state index is 0.191. The first-order valence-electron chi connectivity index (χ1n) is 4.04. The van der Waals surface area contributed by atoms with Crippen molar-refractivity contribution in [2.45, 2.75) is 0 Å². The molecule has 2 N–H and O–H groups in total. The third-order valence-corrected chi connectivity index (χ3v) is 1.94. The van der Waals surface area contributed by atoms with Crippen LogP contribution in [0.1, 0.15) is 0 Å². The summed E-state index contributed by atoms with van der Waals surface area (Å²) in [5.41, 5.74) is -1.04. The topological polar surface area (TPSA) is 70.2 Å². The number of nitrogens with one attached hydrogen (secondary N) is 1. The van der Waals surface area contributed by atoms with E-state index in [0.717, 1.165) is 6.07 Å². The van der Waals surface area contributed by atoms with Crippen LogP contribution in [0, 0.1) is 0 Å². The molecule has 0 amide bonds. The average Bonchev–Trinajstić information content (AvgIpc) is 2.27. The van der Waals surface area contributed by atoms with Gasteiger partial charge in [0.25, 0.3) is 5.56 Å². The molecule has 0 fully saturated rings. The van der Waals surface area contributed by atoms with Gasteiger partial charge in [-0.25, -0.2) is 0 Å². The van der Waals surface area contributed by atoms with E-state index < -0.39 is 11.0 Å². The van der Waals surface area contributed by atoms with Crippen molar-refractivity contribution in [1.29, 1.82) is 0 Å². The zero-order valence-corrected chi connectivity index (χ0v) is 7.15. The highest BCUT2D eigenvalue weighted by Crippen LogP contribution is 2.17. The summed E-state index contributed by atoms with van der Waals surface area (Å²) in [6.07, 6.45) is 0. The third kappa shape index (κ3) is 1.26. The van der Waals surface area contributed by atoms with Crippen LogP contribution < -0.4 is 11.0 Å². The van der Waals surface area contributed by atoms with Crippen LogP contribution in [0.3, 0.4) is 0 Å². The van der Waals surface area contributed by atoms with Crippen LogP contribution in [-0.4, -0.2) is 10.1 Å². The van der Waals surface area contributed by atoms with Gasteiger partial charge in [-0.05, 0) is 12.1 Å². The zero-order valence-electron chi connectivity index (χ0n) is 7.15. The second-order valence-corrected chi connectivity index (χ2v) is 2.89. The van der Waals surface area contributed by atoms with Crippen molar-refractivity contribution in [3.63, 3.8) is 0 Å². The summed E-state index contributed by atoms with van der Waals surface area (Å²) in [6, 6.07) is 7.59. The van der Waals surface area contributed by atoms with Crippen LogP contribution in [0.15, 0.2) is 39.9 Å². The van der Waals surface area contributed by atoms with E-state index in [-0.39, 0.29) is 5.75 Å². The number of aromatic amines is 1. The normalized spacial score (nSPS) is 10.3. The molecule has 70 valence electrons. The number of aromatic hydroxyl groups is 1. The van der Waals surface area contributed by atoms with Crippen molar-refractivity contribution in [2.75, 3.05) is 0 Å². The van der Waals surface area contributed by atoms with Gasteiger partial charge in [-0.1, -0.05) is 12.1 Å². The maximum atomic E-state index is 11.1. The number of rotatable bonds is 0. The van der Waals surface area contributed by atoms with Gasteiger partial charge in [-0.2, -0.15) is 0 Å². The van der Waals surface area contributed by atoms with Gasteiger partial charge in [-0.15, -0.1) is 0 Å². The lowest BCUT2D eigenvalue weighted by molar-refractivity contribution is 0.481. The first-order chi connectivity index (χ1) is 6.68. The van der Waals surface area contributed by atoms with Gasteiger partial charge in [0, 0.05) is 11.5 Å². The van der Waals surface area contributed by atoms with E-state index in [2.05, 4.69) is 4.98 Å². The molecule has 4 nitrogen and oxygen atoms in total. The fraction of sp³-hybridized carbons (Fsp3) is 0. The van der Waals surface area contributed by atoms with Crippen LogP contribution >= 0.6 is 0 Å². The van der Waals surface area contributed by atoms with E-state index >= 15 is 0 Å². The Labute approximate surface area is 78.5 Å². The van der Waals surface area contributed by atoms with Gasteiger partial charge in [0.2, 0.25) is 5.43 Å². The van der Waals surface area contributed by atoms with E-state index in [0.29, 0.717) is 10.9 Å². The quantitative estimate of drug-likeness (QED) is 0.596. The van der Waals surface area contributed by atoms with Crippen LogP contribution in [0.25, 0.3) is 10.9 Å². The minimum atomic E-state index is -0.751. The van der Waals surface area contributed by atoms with E-state index in [1.165, 1.54) is 0 Å². The Morgan fingerprint density at radius 3 is 2.64 bits per heavy atom. The van der Waals surface area contributed by atoms with Gasteiger partial charge in [-0.3, -0.25) is 9.59 Å². The van der Waals surface area contributed by atoms with E-state index in [1.807, 2.05) is 0 Å². The van der Waals surface area contributed by atoms with Crippen LogP contribution in [0.4, 0.5) is 0 Å². The molecule has 4 heteroatoms. The number of aromatic nitrogens is 1. The maximum Gasteiger partial charge on any atom is 0.296 e. The summed E-state index contributed by atoms with van der Waals surface area (Å²) < 4.78 is 0. The van der Waals surface area contributed by atoms with E-state index in [4.69, 9.17) is 0 Å². The second kappa shape index (κ2) is 2.99. The van der Waals surface area contributed by atoms with Gasteiger partial charge in [0.1, 0.15) is 5.75 Å². The number of H-pyrrole nitrogens is 1. The van der Waals surface area contributed by atoms with Crippen molar-refractivity contribution >= 4 is 10.9 Å². The lowest BCUT2D eigenvalue weighted by atomic mass is 10.2. The first-order valence-corrected chi connectivity index (χ1v) is 4.04. The molecule has 0 saturated heterocycles. The van der Waals surface area contributed by atoms with Crippen LogP contribution in [0.5, 0.6) is 5.75 Å². The Morgan fingerprint density at radius 1 is 1.14 bits per heavy atom. The van der Waals surface area contributed by atoms with Crippen molar-refractivity contribution in [3.05, 3.63) is 50.9 Å². The molecule has 0 aliphatic rings. The Hall–Kier alpha value is -2.10. The van der Waals surface area contributed by atoms with Crippen LogP contribution in [-0.2, 0) is 0 Å². The molecule has 2 aromatic rings. The Balaban J connectivity index is 3.13. The predicted octanol–water partition coefficient (Wildman–Crippen LogP) is 0.594. The smallest absolute Gasteiger partial charge is 0.296 e. The standard InChI is InChI=1S/C10H7NO3/c12-8-5-9(13)10(14)11-7-4-2-1-3-6(7)8/h1-5,12H,(H,11,13,14). The molecule has 0 aliphatic heterocycles. The second-order valence-electron chi connectivity index (χ2n) is 2.89. The first kappa shape index (κ1) is 8.50. The lowest BCUT2D eigenvalue weighted by Crippen LogP contribution is -2.22. The molecule has 0 unspecified atom stereocenters. The fourth-order valence-corrected chi connectivity index (χ4v) is 1.27. The molecule has 1 aromatic heterocycles. The van der Waals surface area contributed by atoms with E-state index in [1.54, 1.807) is 24.3 Å². The summed E-state index contributed by atoms with van der Waals surface area (Å²) in [4.78, 5) is 24.6. The summed E-state index contributed by atoms with van der Waals surface area (Å²) in [5, 5.41) is 9.93. The minimum Gasteiger partial charge on any atom is -0.507 e. The van der Waals surface area contributed by atoms with Gasteiger partial charge >= 0.3 is 0 Å². The Kier molecular flexibility index (Phi) is 1.81. The molecular formula is C10H7NO3. The van der Waals surface area contributed by atoms with Crippen molar-refractivity contribution < 1.29 is 5.11 Å². The SMILES string of the molecule is O=c1cc(O)c2ccccc2[nH]c1=O. The molecule has 0 saturated carbocycles. The molecule has 14 heavy (non-hydrogen) atoms. The fourth-order valence-electron chi connectivity index (χ4n) is 1.27. The molecule has 1 aromatic carbocycles. The number of fused-ring (bicyclic) bond motifs is 1. The number of para-hydroxylation sites is 1. The monoisotopic (exact) mass is 189 g/mol. The van der Waals surface area contributed by atoms with Crippen molar-refractivity contribution in [1.82, 2.24) is 4.98 Å². The van der Waals surface area contributed by atoms with Gasteiger partial charge in [0.05, 0.1) is 5.52 Å². The zero-order chi connectivity index (χ0) is 10.1. The molecular weight excluding hydrogens is 182 g/mol. The van der Waals surface area contributed by atoms with Crippen molar-refractivity contribution in [3.8, 4) is 5.75 Å². The predicted molar refractivity (Wildman–Crippen MR) is 52.5 cm³/mol. The Morgan fingerprint density at radius 2 is 1.86 bits per heavy atom. The highest BCUT2D eigenvalue weighted by atomic mass is 16.3. The largest absolute Gasteiger partial charge is 0.507 e. The number of hydrogen-bond acceptors (Lipinski definition) is 3. The molecule has 1 heterocycles. The summed E-state index contributed by atoms with van der Waals surface area (Å²) >= 11 is 0. The van der Waals surface area contributed by atoms with Gasteiger partial charge < -0.3 is 10.1 Å². The average molecular weight is 189 g/mol. The summed E-state index contributed by atoms with van der Waals surface area (Å²) in [7, 11) is 0. The highest BCUT2D eigenvalue weighted by Gasteiger charge is 2.00.